The summed E-state index contributed by atoms with van der Waals surface area (Å²) < 4.78 is 5.86. The van der Waals surface area contributed by atoms with E-state index in [1.807, 2.05) is 6.92 Å². The molecule has 0 aromatic carbocycles. The Labute approximate surface area is 109 Å². The topological polar surface area (TPSA) is 54.3 Å². The molecule has 1 aromatic rings. The number of hydrogen-bond donors (Lipinski definition) is 2. The van der Waals surface area contributed by atoms with Crippen LogP contribution >= 0.6 is 28.3 Å². The fourth-order valence-electron chi connectivity index (χ4n) is 1.70. The van der Waals surface area contributed by atoms with Crippen LogP contribution in [0, 0.1) is 6.92 Å². The average molecular weight is 310 g/mol. The van der Waals surface area contributed by atoms with Crippen molar-refractivity contribution in [1.29, 1.82) is 0 Å². The third-order valence-electron chi connectivity index (χ3n) is 2.49. The van der Waals surface area contributed by atoms with Gasteiger partial charge in [0, 0.05) is 18.2 Å². The van der Waals surface area contributed by atoms with E-state index >= 15 is 0 Å². The number of rotatable bonds is 2. The van der Waals surface area contributed by atoms with Crippen molar-refractivity contribution in [2.75, 3.05) is 13.1 Å². The van der Waals surface area contributed by atoms with Gasteiger partial charge in [0.15, 0.2) is 10.4 Å². The minimum absolute atomic E-state index is 0. The van der Waals surface area contributed by atoms with Gasteiger partial charge in [0.25, 0.3) is 5.91 Å². The summed E-state index contributed by atoms with van der Waals surface area (Å²) in [5, 5.41) is 6.13. The lowest BCUT2D eigenvalue weighted by Gasteiger charge is -2.09. The van der Waals surface area contributed by atoms with Crippen molar-refractivity contribution < 1.29 is 9.21 Å². The summed E-state index contributed by atoms with van der Waals surface area (Å²) in [5.41, 5.74) is 0.852. The molecule has 2 N–H and O–H groups in total. The maximum atomic E-state index is 11.8. The van der Waals surface area contributed by atoms with Gasteiger partial charge in [-0.25, -0.2) is 0 Å². The highest BCUT2D eigenvalue weighted by Gasteiger charge is 2.21. The van der Waals surface area contributed by atoms with E-state index in [9.17, 15) is 4.79 Å². The number of furan rings is 1. The smallest absolute Gasteiger partial charge is 0.287 e. The molecular formula is C10H14BrClN2O2. The average Bonchev–Trinajstić information content (AvgIpc) is 2.75. The highest BCUT2D eigenvalue weighted by molar-refractivity contribution is 9.10. The van der Waals surface area contributed by atoms with E-state index < -0.39 is 0 Å². The van der Waals surface area contributed by atoms with Crippen LogP contribution in [-0.2, 0) is 0 Å². The first-order valence-electron chi connectivity index (χ1n) is 4.94. The number of carbonyl (C=O) groups is 1. The van der Waals surface area contributed by atoms with Crippen LogP contribution in [0.3, 0.4) is 0 Å². The van der Waals surface area contributed by atoms with Crippen molar-refractivity contribution in [3.63, 3.8) is 0 Å². The van der Waals surface area contributed by atoms with Crippen molar-refractivity contribution in [3.8, 4) is 0 Å². The zero-order valence-electron chi connectivity index (χ0n) is 8.88. The van der Waals surface area contributed by atoms with Crippen LogP contribution in [0.2, 0.25) is 0 Å². The van der Waals surface area contributed by atoms with E-state index in [2.05, 4.69) is 26.6 Å². The van der Waals surface area contributed by atoms with Crippen molar-refractivity contribution in [1.82, 2.24) is 10.6 Å². The zero-order chi connectivity index (χ0) is 10.8. The number of halogens is 2. The predicted molar refractivity (Wildman–Crippen MR) is 67.1 cm³/mol. The molecule has 0 bridgehead atoms. The molecule has 6 heteroatoms. The molecule has 0 radical (unpaired) electrons. The molecule has 2 rings (SSSR count). The second-order valence-corrected chi connectivity index (χ2v) is 4.51. The number of nitrogens with one attached hydrogen (secondary N) is 2. The van der Waals surface area contributed by atoms with Crippen LogP contribution in [0.25, 0.3) is 0 Å². The number of hydrogen-bond acceptors (Lipinski definition) is 3. The first kappa shape index (κ1) is 13.5. The lowest BCUT2D eigenvalue weighted by atomic mass is 10.2. The fraction of sp³-hybridized carbons (Fsp3) is 0.500. The Morgan fingerprint density at radius 1 is 1.69 bits per heavy atom. The summed E-state index contributed by atoms with van der Waals surface area (Å²) in [7, 11) is 0. The van der Waals surface area contributed by atoms with Crippen LogP contribution in [0.5, 0.6) is 0 Å². The normalized spacial score (nSPS) is 19.2. The summed E-state index contributed by atoms with van der Waals surface area (Å²) in [6.45, 7) is 3.66. The molecule has 0 saturated carbocycles. The minimum atomic E-state index is -0.132. The number of amides is 1. The van der Waals surface area contributed by atoms with Gasteiger partial charge in [0.2, 0.25) is 0 Å². The molecule has 1 unspecified atom stereocenters. The van der Waals surface area contributed by atoms with Crippen LogP contribution in [-0.4, -0.2) is 25.0 Å². The van der Waals surface area contributed by atoms with E-state index in [1.54, 1.807) is 6.07 Å². The SMILES string of the molecule is Cc1cc(Br)oc1C(=O)NC1CCNC1.Cl. The first-order valence-corrected chi connectivity index (χ1v) is 5.73. The molecule has 1 aliphatic heterocycles. The summed E-state index contributed by atoms with van der Waals surface area (Å²) >= 11 is 3.20. The first-order chi connectivity index (χ1) is 7.16. The van der Waals surface area contributed by atoms with Crippen LogP contribution in [0.4, 0.5) is 0 Å². The minimum Gasteiger partial charge on any atom is -0.444 e. The van der Waals surface area contributed by atoms with Gasteiger partial charge in [0.05, 0.1) is 0 Å². The van der Waals surface area contributed by atoms with E-state index in [0.717, 1.165) is 25.1 Å². The Morgan fingerprint density at radius 3 is 2.94 bits per heavy atom. The van der Waals surface area contributed by atoms with Crippen molar-refractivity contribution >= 4 is 34.2 Å². The zero-order valence-corrected chi connectivity index (χ0v) is 11.3. The Kier molecular flexibility index (Phi) is 4.83. The highest BCUT2D eigenvalue weighted by atomic mass is 79.9. The number of aryl methyl sites for hydroxylation is 1. The molecular weight excluding hydrogens is 295 g/mol. The summed E-state index contributed by atoms with van der Waals surface area (Å²) in [4.78, 5) is 11.8. The Balaban J connectivity index is 0.00000128. The standard InChI is InChI=1S/C10H13BrN2O2.ClH/c1-6-4-8(11)15-9(6)10(14)13-7-2-3-12-5-7;/h4,7,12H,2-3,5H2,1H3,(H,13,14);1H. The molecule has 1 aromatic heterocycles. The van der Waals surface area contributed by atoms with Crippen molar-refractivity contribution in [2.45, 2.75) is 19.4 Å². The lowest BCUT2D eigenvalue weighted by molar-refractivity contribution is 0.0910. The van der Waals surface area contributed by atoms with Gasteiger partial charge >= 0.3 is 0 Å². The molecule has 1 amide bonds. The predicted octanol–water partition coefficient (Wildman–Crippen LogP) is 1.86. The summed E-state index contributed by atoms with van der Waals surface area (Å²) in [5.74, 6) is 0.265. The van der Waals surface area contributed by atoms with Crippen LogP contribution < -0.4 is 10.6 Å². The lowest BCUT2D eigenvalue weighted by Crippen LogP contribution is -2.36. The molecule has 16 heavy (non-hydrogen) atoms. The van der Waals surface area contributed by atoms with Gasteiger partial charge in [-0.2, -0.15) is 0 Å². The Hall–Kier alpha value is -0.520. The second-order valence-electron chi connectivity index (χ2n) is 3.73. The molecule has 1 atom stereocenters. The van der Waals surface area contributed by atoms with Gasteiger partial charge in [-0.05, 0) is 41.9 Å². The van der Waals surface area contributed by atoms with Gasteiger partial charge < -0.3 is 15.1 Å². The monoisotopic (exact) mass is 308 g/mol. The largest absolute Gasteiger partial charge is 0.444 e. The maximum absolute atomic E-state index is 11.8. The summed E-state index contributed by atoms with van der Waals surface area (Å²) in [6, 6.07) is 2.02. The van der Waals surface area contributed by atoms with E-state index in [1.165, 1.54) is 0 Å². The van der Waals surface area contributed by atoms with Crippen molar-refractivity contribution in [3.05, 3.63) is 22.1 Å². The quantitative estimate of drug-likeness (QED) is 0.877. The molecule has 1 aliphatic rings. The van der Waals surface area contributed by atoms with Crippen LogP contribution in [0.15, 0.2) is 15.2 Å². The van der Waals surface area contributed by atoms with Gasteiger partial charge in [0.1, 0.15) is 0 Å². The Bertz CT molecular complexity index is 375. The highest BCUT2D eigenvalue weighted by Crippen LogP contribution is 2.19. The molecule has 4 nitrogen and oxygen atoms in total. The molecule has 0 spiro atoms. The van der Waals surface area contributed by atoms with Crippen LogP contribution in [0.1, 0.15) is 22.5 Å². The Morgan fingerprint density at radius 2 is 2.44 bits per heavy atom. The molecule has 90 valence electrons. The van der Waals surface area contributed by atoms with E-state index in [-0.39, 0.29) is 24.4 Å². The van der Waals surface area contributed by atoms with Gasteiger partial charge in [-0.1, -0.05) is 0 Å². The second kappa shape index (κ2) is 5.70. The third kappa shape index (κ3) is 2.99. The van der Waals surface area contributed by atoms with E-state index in [4.69, 9.17) is 4.42 Å². The van der Waals surface area contributed by atoms with Gasteiger partial charge in [-0.15, -0.1) is 12.4 Å². The van der Waals surface area contributed by atoms with Crippen molar-refractivity contribution in [2.24, 2.45) is 0 Å². The molecule has 0 aliphatic carbocycles. The fourth-order valence-corrected chi connectivity index (χ4v) is 2.20. The molecule has 1 saturated heterocycles. The van der Waals surface area contributed by atoms with E-state index in [0.29, 0.717) is 10.4 Å². The number of carbonyl (C=O) groups excluding carboxylic acids is 1. The molecule has 1 fully saturated rings. The van der Waals surface area contributed by atoms with Gasteiger partial charge in [-0.3, -0.25) is 4.79 Å². The maximum Gasteiger partial charge on any atom is 0.287 e. The third-order valence-corrected chi connectivity index (χ3v) is 2.88. The molecule has 2 heterocycles. The summed E-state index contributed by atoms with van der Waals surface area (Å²) in [6.07, 6.45) is 0.979.